The average Bonchev–Trinajstić information content (AvgIpc) is 2.71. The van der Waals surface area contributed by atoms with Crippen molar-refractivity contribution in [1.29, 1.82) is 0 Å². The van der Waals surface area contributed by atoms with Gasteiger partial charge in [-0.15, -0.1) is 0 Å². The van der Waals surface area contributed by atoms with Gasteiger partial charge < -0.3 is 10.1 Å². The van der Waals surface area contributed by atoms with E-state index in [1.54, 1.807) is 18.3 Å². The lowest BCUT2D eigenvalue weighted by molar-refractivity contribution is 0.102. The Morgan fingerprint density at radius 2 is 1.78 bits per heavy atom. The second kappa shape index (κ2) is 6.84. The van der Waals surface area contributed by atoms with Crippen molar-refractivity contribution in [3.8, 4) is 5.75 Å². The standard InChI is InChI=1S/C21H15N3O3/c25-19(18-20(26)17-15(21(27)24-18)7-4-9-23-17)16-12-14(8-10-22-16)11-13-5-2-1-3-6-13/h1-10,12,26H,11H2,(H,24,27). The van der Waals surface area contributed by atoms with Crippen LogP contribution in [-0.4, -0.2) is 25.8 Å². The molecule has 6 nitrogen and oxygen atoms in total. The smallest absolute Gasteiger partial charge is 0.258 e. The van der Waals surface area contributed by atoms with Crippen LogP contribution in [0.25, 0.3) is 10.9 Å². The van der Waals surface area contributed by atoms with Crippen LogP contribution in [0.15, 0.2) is 71.8 Å². The van der Waals surface area contributed by atoms with E-state index in [2.05, 4.69) is 15.0 Å². The van der Waals surface area contributed by atoms with E-state index in [1.165, 1.54) is 12.3 Å². The van der Waals surface area contributed by atoms with E-state index in [-0.39, 0.29) is 28.0 Å². The summed E-state index contributed by atoms with van der Waals surface area (Å²) in [5.41, 5.74) is 1.54. The number of ketones is 1. The molecular weight excluding hydrogens is 342 g/mol. The van der Waals surface area contributed by atoms with E-state index in [1.807, 2.05) is 36.4 Å². The van der Waals surface area contributed by atoms with Gasteiger partial charge in [0.05, 0.1) is 5.39 Å². The summed E-state index contributed by atoms with van der Waals surface area (Å²) in [6, 6.07) is 16.5. The third-order valence-electron chi connectivity index (χ3n) is 4.29. The molecule has 0 unspecified atom stereocenters. The van der Waals surface area contributed by atoms with Gasteiger partial charge in [-0.3, -0.25) is 19.6 Å². The summed E-state index contributed by atoms with van der Waals surface area (Å²) in [5, 5.41) is 10.6. The van der Waals surface area contributed by atoms with Crippen LogP contribution in [0.1, 0.15) is 27.3 Å². The first kappa shape index (κ1) is 16.7. The number of nitrogens with zero attached hydrogens (tertiary/aromatic N) is 2. The van der Waals surface area contributed by atoms with Gasteiger partial charge in [-0.25, -0.2) is 0 Å². The maximum Gasteiger partial charge on any atom is 0.258 e. The Labute approximate surface area is 154 Å². The molecule has 0 saturated heterocycles. The topological polar surface area (TPSA) is 95.9 Å². The van der Waals surface area contributed by atoms with Crippen molar-refractivity contribution in [2.24, 2.45) is 0 Å². The van der Waals surface area contributed by atoms with Crippen molar-refractivity contribution < 1.29 is 9.90 Å². The second-order valence-electron chi connectivity index (χ2n) is 6.12. The van der Waals surface area contributed by atoms with Crippen molar-refractivity contribution in [3.05, 3.63) is 99.9 Å². The number of aromatic hydroxyl groups is 1. The van der Waals surface area contributed by atoms with E-state index in [9.17, 15) is 14.7 Å². The zero-order valence-electron chi connectivity index (χ0n) is 14.2. The molecule has 4 rings (SSSR count). The van der Waals surface area contributed by atoms with Gasteiger partial charge in [0.1, 0.15) is 16.9 Å². The van der Waals surface area contributed by atoms with Gasteiger partial charge in [-0.2, -0.15) is 0 Å². The summed E-state index contributed by atoms with van der Waals surface area (Å²) in [7, 11) is 0. The number of nitrogens with one attached hydrogen (secondary N) is 1. The molecular formula is C21H15N3O3. The number of carbonyl (C=O) groups excluding carboxylic acids is 1. The Hall–Kier alpha value is -3.80. The van der Waals surface area contributed by atoms with Crippen molar-refractivity contribution in [2.45, 2.75) is 6.42 Å². The summed E-state index contributed by atoms with van der Waals surface area (Å²) in [6.07, 6.45) is 3.64. The third kappa shape index (κ3) is 3.20. The first-order valence-corrected chi connectivity index (χ1v) is 8.37. The van der Waals surface area contributed by atoms with Crippen LogP contribution in [-0.2, 0) is 6.42 Å². The van der Waals surface area contributed by atoms with Gasteiger partial charge in [0.2, 0.25) is 5.78 Å². The molecule has 0 amide bonds. The van der Waals surface area contributed by atoms with E-state index >= 15 is 0 Å². The molecule has 0 aliphatic heterocycles. The minimum Gasteiger partial charge on any atom is -0.504 e. The van der Waals surface area contributed by atoms with Crippen LogP contribution >= 0.6 is 0 Å². The summed E-state index contributed by atoms with van der Waals surface area (Å²) in [6.45, 7) is 0. The number of hydrogen-bond donors (Lipinski definition) is 2. The van der Waals surface area contributed by atoms with E-state index in [0.717, 1.165) is 11.1 Å². The van der Waals surface area contributed by atoms with Gasteiger partial charge in [0, 0.05) is 12.4 Å². The summed E-state index contributed by atoms with van der Waals surface area (Å²) >= 11 is 0. The number of H-pyrrole nitrogens is 1. The molecule has 6 heteroatoms. The van der Waals surface area contributed by atoms with Gasteiger partial charge in [0.25, 0.3) is 5.56 Å². The lowest BCUT2D eigenvalue weighted by atomic mass is 10.0. The fourth-order valence-electron chi connectivity index (χ4n) is 2.97. The van der Waals surface area contributed by atoms with Gasteiger partial charge in [0.15, 0.2) is 5.75 Å². The molecule has 0 aliphatic carbocycles. The van der Waals surface area contributed by atoms with Crippen molar-refractivity contribution >= 4 is 16.7 Å². The SMILES string of the molecule is O=C(c1cc(Cc2ccccc2)ccn1)c1[nH]c(=O)c2cccnc2c1O. The molecule has 27 heavy (non-hydrogen) atoms. The average molecular weight is 357 g/mol. The zero-order chi connectivity index (χ0) is 18.8. The van der Waals surface area contributed by atoms with Gasteiger partial charge >= 0.3 is 0 Å². The number of carbonyl (C=O) groups is 1. The molecule has 2 N–H and O–H groups in total. The normalized spacial score (nSPS) is 10.8. The highest BCUT2D eigenvalue weighted by atomic mass is 16.3. The maximum absolute atomic E-state index is 12.8. The van der Waals surface area contributed by atoms with Crippen LogP contribution in [0.5, 0.6) is 5.75 Å². The van der Waals surface area contributed by atoms with Crippen LogP contribution in [0, 0.1) is 0 Å². The van der Waals surface area contributed by atoms with Gasteiger partial charge in [-0.05, 0) is 41.8 Å². The molecule has 3 aromatic heterocycles. The van der Waals surface area contributed by atoms with E-state index in [0.29, 0.717) is 6.42 Å². The van der Waals surface area contributed by atoms with Crippen molar-refractivity contribution in [2.75, 3.05) is 0 Å². The Morgan fingerprint density at radius 3 is 2.59 bits per heavy atom. The molecule has 132 valence electrons. The number of fused-ring (bicyclic) bond motifs is 1. The quantitative estimate of drug-likeness (QED) is 0.548. The molecule has 3 heterocycles. The lowest BCUT2D eigenvalue weighted by Gasteiger charge is -2.07. The first-order chi connectivity index (χ1) is 13.1. The Morgan fingerprint density at radius 1 is 0.963 bits per heavy atom. The Balaban J connectivity index is 1.73. The van der Waals surface area contributed by atoms with Crippen molar-refractivity contribution in [3.63, 3.8) is 0 Å². The van der Waals surface area contributed by atoms with Crippen LogP contribution in [0.4, 0.5) is 0 Å². The number of aromatic nitrogens is 3. The van der Waals surface area contributed by atoms with E-state index < -0.39 is 11.3 Å². The molecule has 0 atom stereocenters. The summed E-state index contributed by atoms with van der Waals surface area (Å²) in [4.78, 5) is 35.6. The first-order valence-electron chi connectivity index (χ1n) is 8.37. The van der Waals surface area contributed by atoms with Crippen molar-refractivity contribution in [1.82, 2.24) is 15.0 Å². The molecule has 4 aromatic rings. The fraction of sp³-hybridized carbons (Fsp3) is 0.0476. The van der Waals surface area contributed by atoms with Crippen LogP contribution in [0.3, 0.4) is 0 Å². The predicted molar refractivity (Wildman–Crippen MR) is 101 cm³/mol. The Bertz CT molecular complexity index is 1200. The van der Waals surface area contributed by atoms with Crippen LogP contribution < -0.4 is 5.56 Å². The highest BCUT2D eigenvalue weighted by Gasteiger charge is 2.20. The number of pyridine rings is 3. The molecule has 0 bridgehead atoms. The molecule has 0 saturated carbocycles. The Kier molecular flexibility index (Phi) is 4.22. The monoisotopic (exact) mass is 357 g/mol. The molecule has 0 radical (unpaired) electrons. The molecule has 0 aliphatic rings. The zero-order valence-corrected chi connectivity index (χ0v) is 14.2. The number of hydrogen-bond acceptors (Lipinski definition) is 5. The minimum absolute atomic E-state index is 0.0880. The number of aromatic amines is 1. The molecule has 0 spiro atoms. The highest BCUT2D eigenvalue weighted by molar-refractivity contribution is 6.10. The third-order valence-corrected chi connectivity index (χ3v) is 4.29. The lowest BCUT2D eigenvalue weighted by Crippen LogP contribution is -2.16. The number of benzene rings is 1. The van der Waals surface area contributed by atoms with Crippen LogP contribution in [0.2, 0.25) is 0 Å². The maximum atomic E-state index is 12.8. The highest BCUT2D eigenvalue weighted by Crippen LogP contribution is 2.24. The molecule has 1 aromatic carbocycles. The van der Waals surface area contributed by atoms with Gasteiger partial charge in [-0.1, -0.05) is 30.3 Å². The molecule has 0 fully saturated rings. The minimum atomic E-state index is -0.563. The largest absolute Gasteiger partial charge is 0.504 e. The number of rotatable bonds is 4. The summed E-state index contributed by atoms with van der Waals surface area (Å²) in [5.74, 6) is -0.919. The predicted octanol–water partition coefficient (Wildman–Crippen LogP) is 2.85. The van der Waals surface area contributed by atoms with E-state index in [4.69, 9.17) is 0 Å². The second-order valence-corrected chi connectivity index (χ2v) is 6.12. The summed E-state index contributed by atoms with van der Waals surface area (Å²) < 4.78 is 0. The fourth-order valence-corrected chi connectivity index (χ4v) is 2.97.